The lowest BCUT2D eigenvalue weighted by molar-refractivity contribution is -0.129. The number of carbonyl (C=O) groups excluding carboxylic acids is 2. The number of hydrogen-bond donors (Lipinski definition) is 1. The summed E-state index contributed by atoms with van der Waals surface area (Å²) in [4.78, 5) is 31.8. The maximum Gasteiger partial charge on any atom is 0.273 e. The second-order valence-corrected chi connectivity index (χ2v) is 7.54. The number of carbonyl (C=O) groups is 2. The zero-order valence-corrected chi connectivity index (χ0v) is 18.3. The van der Waals surface area contributed by atoms with Crippen molar-refractivity contribution in [3.05, 3.63) is 48.2 Å². The van der Waals surface area contributed by atoms with Gasteiger partial charge in [0.1, 0.15) is 6.26 Å². The fourth-order valence-electron chi connectivity index (χ4n) is 2.60. The summed E-state index contributed by atoms with van der Waals surface area (Å²) in [6.07, 6.45) is 2.73. The van der Waals surface area contributed by atoms with Crippen LogP contribution in [0.1, 0.15) is 29.2 Å². The van der Waals surface area contributed by atoms with Crippen LogP contribution in [-0.4, -0.2) is 68.0 Å². The maximum absolute atomic E-state index is 12.8. The molecule has 0 aliphatic rings. The van der Waals surface area contributed by atoms with Crippen molar-refractivity contribution in [1.82, 2.24) is 15.2 Å². The molecule has 2 rings (SSSR count). The topological polar surface area (TPSA) is 93.9 Å². The van der Waals surface area contributed by atoms with Crippen LogP contribution in [0, 0.1) is 0 Å². The van der Waals surface area contributed by atoms with Gasteiger partial charge in [0.2, 0.25) is 11.8 Å². The van der Waals surface area contributed by atoms with Crippen molar-refractivity contribution in [1.29, 1.82) is 0 Å². The van der Waals surface area contributed by atoms with E-state index in [0.29, 0.717) is 50.8 Å². The van der Waals surface area contributed by atoms with Gasteiger partial charge in [0.25, 0.3) is 5.91 Å². The SMILES string of the molecule is COCCCNC(=O)c1coc(CN(CCCOC)C(=O)CSc2ccccc2)n1. The summed E-state index contributed by atoms with van der Waals surface area (Å²) < 4.78 is 15.5. The Morgan fingerprint density at radius 3 is 2.60 bits per heavy atom. The molecule has 8 nitrogen and oxygen atoms in total. The Morgan fingerprint density at radius 1 is 1.13 bits per heavy atom. The number of methoxy groups -OCH3 is 2. The van der Waals surface area contributed by atoms with Crippen LogP contribution in [-0.2, 0) is 20.8 Å². The molecule has 0 atom stereocenters. The van der Waals surface area contributed by atoms with E-state index in [1.807, 2.05) is 30.3 Å². The number of amides is 2. The third-order valence-electron chi connectivity index (χ3n) is 4.16. The molecule has 9 heteroatoms. The molecular weight excluding hydrogens is 406 g/mol. The standard InChI is InChI=1S/C21H29N3O5S/c1-27-12-6-10-22-21(26)18-15-29-19(23-18)14-24(11-7-13-28-2)20(25)16-30-17-8-4-3-5-9-17/h3-5,8-9,15H,6-7,10-14,16H2,1-2H3,(H,22,26). The first kappa shape index (κ1) is 23.9. The van der Waals surface area contributed by atoms with Crippen LogP contribution in [0.15, 0.2) is 45.9 Å². The van der Waals surface area contributed by atoms with Crippen molar-refractivity contribution in [3.8, 4) is 0 Å². The molecule has 1 aromatic carbocycles. The van der Waals surface area contributed by atoms with E-state index >= 15 is 0 Å². The Kier molecular flexibility index (Phi) is 11.0. The molecular formula is C21H29N3O5S. The van der Waals surface area contributed by atoms with E-state index in [-0.39, 0.29) is 24.1 Å². The molecule has 0 spiro atoms. The minimum Gasteiger partial charge on any atom is -0.446 e. The largest absolute Gasteiger partial charge is 0.446 e. The summed E-state index contributed by atoms with van der Waals surface area (Å²) in [6.45, 7) is 2.34. The molecule has 0 bridgehead atoms. The zero-order valence-electron chi connectivity index (χ0n) is 17.5. The van der Waals surface area contributed by atoms with Gasteiger partial charge in [-0.25, -0.2) is 4.98 Å². The Labute approximate surface area is 181 Å². The summed E-state index contributed by atoms with van der Waals surface area (Å²) in [7, 11) is 3.24. The van der Waals surface area contributed by atoms with Crippen molar-refractivity contribution in [2.75, 3.05) is 46.3 Å². The van der Waals surface area contributed by atoms with Gasteiger partial charge in [-0.15, -0.1) is 11.8 Å². The van der Waals surface area contributed by atoms with Crippen molar-refractivity contribution in [2.45, 2.75) is 24.3 Å². The van der Waals surface area contributed by atoms with E-state index in [1.54, 1.807) is 19.1 Å². The van der Waals surface area contributed by atoms with E-state index in [2.05, 4.69) is 10.3 Å². The highest BCUT2D eigenvalue weighted by Crippen LogP contribution is 2.18. The summed E-state index contributed by atoms with van der Waals surface area (Å²) in [6, 6.07) is 9.77. The number of aromatic nitrogens is 1. The van der Waals surface area contributed by atoms with Gasteiger partial charge in [0.05, 0.1) is 12.3 Å². The van der Waals surface area contributed by atoms with Gasteiger partial charge in [-0.05, 0) is 25.0 Å². The first-order chi connectivity index (χ1) is 14.6. The van der Waals surface area contributed by atoms with E-state index in [1.165, 1.54) is 18.0 Å². The lowest BCUT2D eigenvalue weighted by Gasteiger charge is -2.21. The van der Waals surface area contributed by atoms with E-state index in [0.717, 1.165) is 4.90 Å². The minimum absolute atomic E-state index is 0.0243. The smallest absolute Gasteiger partial charge is 0.273 e. The molecule has 0 unspecified atom stereocenters. The summed E-state index contributed by atoms with van der Waals surface area (Å²) in [5.41, 5.74) is 0.199. The predicted molar refractivity (Wildman–Crippen MR) is 114 cm³/mol. The lowest BCUT2D eigenvalue weighted by Crippen LogP contribution is -2.33. The monoisotopic (exact) mass is 435 g/mol. The van der Waals surface area contributed by atoms with Crippen molar-refractivity contribution in [3.63, 3.8) is 0 Å². The molecule has 0 aliphatic carbocycles. The second-order valence-electron chi connectivity index (χ2n) is 6.49. The normalized spacial score (nSPS) is 10.7. The zero-order chi connectivity index (χ0) is 21.6. The highest BCUT2D eigenvalue weighted by atomic mass is 32.2. The first-order valence-corrected chi connectivity index (χ1v) is 10.8. The second kappa shape index (κ2) is 13.8. The third kappa shape index (κ3) is 8.56. The van der Waals surface area contributed by atoms with Crippen LogP contribution in [0.2, 0.25) is 0 Å². The summed E-state index contributed by atoms with van der Waals surface area (Å²) in [5, 5.41) is 2.76. The predicted octanol–water partition coefficient (Wildman–Crippen LogP) is 2.60. The third-order valence-corrected chi connectivity index (χ3v) is 5.15. The Hall–Kier alpha value is -2.36. The van der Waals surface area contributed by atoms with E-state index in [9.17, 15) is 9.59 Å². The number of benzene rings is 1. The summed E-state index contributed by atoms with van der Waals surface area (Å²) >= 11 is 1.48. The number of oxazole rings is 1. The minimum atomic E-state index is -0.307. The van der Waals surface area contributed by atoms with E-state index < -0.39 is 0 Å². The Morgan fingerprint density at radius 2 is 1.87 bits per heavy atom. The van der Waals surface area contributed by atoms with Gasteiger partial charge < -0.3 is 24.1 Å². The number of nitrogens with one attached hydrogen (secondary N) is 1. The van der Waals surface area contributed by atoms with Gasteiger partial charge in [0, 0.05) is 45.4 Å². The Bertz CT molecular complexity index is 769. The average Bonchev–Trinajstić information content (AvgIpc) is 3.24. The van der Waals surface area contributed by atoms with Gasteiger partial charge >= 0.3 is 0 Å². The number of nitrogens with zero attached hydrogens (tertiary/aromatic N) is 2. The average molecular weight is 436 g/mol. The van der Waals surface area contributed by atoms with Crippen LogP contribution in [0.3, 0.4) is 0 Å². The van der Waals surface area contributed by atoms with Crippen molar-refractivity contribution < 1.29 is 23.5 Å². The molecule has 0 aliphatic heterocycles. The van der Waals surface area contributed by atoms with Gasteiger partial charge in [-0.1, -0.05) is 18.2 Å². The highest BCUT2D eigenvalue weighted by molar-refractivity contribution is 8.00. The van der Waals surface area contributed by atoms with Crippen LogP contribution >= 0.6 is 11.8 Å². The van der Waals surface area contributed by atoms with Crippen molar-refractivity contribution >= 4 is 23.6 Å². The van der Waals surface area contributed by atoms with Gasteiger partial charge in [0.15, 0.2) is 5.69 Å². The van der Waals surface area contributed by atoms with E-state index in [4.69, 9.17) is 13.9 Å². The molecule has 30 heavy (non-hydrogen) atoms. The molecule has 2 amide bonds. The maximum atomic E-state index is 12.8. The fourth-order valence-corrected chi connectivity index (χ4v) is 3.43. The first-order valence-electron chi connectivity index (χ1n) is 9.80. The number of rotatable bonds is 14. The number of ether oxygens (including phenoxy) is 2. The molecule has 0 saturated heterocycles. The van der Waals surface area contributed by atoms with Crippen LogP contribution in [0.4, 0.5) is 0 Å². The lowest BCUT2D eigenvalue weighted by atomic mass is 10.3. The highest BCUT2D eigenvalue weighted by Gasteiger charge is 2.18. The van der Waals surface area contributed by atoms with Crippen LogP contribution in [0.5, 0.6) is 0 Å². The number of hydrogen-bond acceptors (Lipinski definition) is 7. The molecule has 1 heterocycles. The summed E-state index contributed by atoms with van der Waals surface area (Å²) in [5.74, 6) is 0.305. The van der Waals surface area contributed by atoms with Crippen LogP contribution in [0.25, 0.3) is 0 Å². The molecule has 0 saturated carbocycles. The molecule has 0 fully saturated rings. The molecule has 1 aromatic heterocycles. The molecule has 164 valence electrons. The van der Waals surface area contributed by atoms with Gasteiger partial charge in [-0.2, -0.15) is 0 Å². The van der Waals surface area contributed by atoms with Gasteiger partial charge in [-0.3, -0.25) is 9.59 Å². The van der Waals surface area contributed by atoms with Crippen LogP contribution < -0.4 is 5.32 Å². The Balaban J connectivity index is 1.92. The molecule has 2 aromatic rings. The quantitative estimate of drug-likeness (QED) is 0.360. The fraction of sp³-hybridized carbons (Fsp3) is 0.476. The number of thioether (sulfide) groups is 1. The molecule has 1 N–H and O–H groups in total. The molecule has 0 radical (unpaired) electrons. The van der Waals surface area contributed by atoms with Crippen molar-refractivity contribution in [2.24, 2.45) is 0 Å².